The number of nitrogens with one attached hydrogen (secondary N) is 1. The van der Waals surface area contributed by atoms with Crippen molar-refractivity contribution in [2.24, 2.45) is 7.05 Å². The lowest BCUT2D eigenvalue weighted by Gasteiger charge is -2.36. The number of hydrogen-bond donors (Lipinski definition) is 1. The van der Waals surface area contributed by atoms with Crippen LogP contribution in [0.4, 0.5) is 0 Å². The molecule has 10 heteroatoms. The number of hydrogen-bond acceptors (Lipinski definition) is 5. The van der Waals surface area contributed by atoms with Gasteiger partial charge < -0.3 is 14.8 Å². The van der Waals surface area contributed by atoms with Gasteiger partial charge in [-0.05, 0) is 0 Å². The maximum absolute atomic E-state index is 12.6. The third-order valence-corrected chi connectivity index (χ3v) is 6.04. The highest BCUT2D eigenvalue weighted by Crippen LogP contribution is 2.21. The third kappa shape index (κ3) is 4.47. The van der Waals surface area contributed by atoms with Gasteiger partial charge in [-0.25, -0.2) is 17.7 Å². The average molecular weight is 380 g/mol. The molecule has 1 saturated heterocycles. The van der Waals surface area contributed by atoms with E-state index in [1.165, 1.54) is 4.31 Å². The summed E-state index contributed by atoms with van der Waals surface area (Å²) < 4.78 is 27.9. The molecule has 0 radical (unpaired) electrons. The van der Waals surface area contributed by atoms with E-state index in [2.05, 4.69) is 10.3 Å². The molecule has 0 spiro atoms. The number of aryl methyl sites for hydroxylation is 1. The van der Waals surface area contributed by atoms with Crippen molar-refractivity contribution in [3.8, 4) is 0 Å². The molecule has 0 bridgehead atoms. The Morgan fingerprint density at radius 3 is 2.62 bits per heavy atom. The molecule has 1 N–H and O–H groups in total. The first-order valence-electron chi connectivity index (χ1n) is 7.86. The maximum atomic E-state index is 12.6. The van der Waals surface area contributed by atoms with Gasteiger partial charge in [0.25, 0.3) is 0 Å². The number of piperazine rings is 1. The Balaban J connectivity index is 0.00000288. The molecule has 0 aliphatic carbocycles. The fourth-order valence-electron chi connectivity index (χ4n) is 2.88. The lowest BCUT2D eigenvalue weighted by atomic mass is 10.1. The van der Waals surface area contributed by atoms with Crippen LogP contribution in [0, 0.1) is 0 Å². The zero-order chi connectivity index (χ0) is 17.0. The Morgan fingerprint density at radius 2 is 2.08 bits per heavy atom. The number of imidazole rings is 1. The second kappa shape index (κ2) is 8.80. The molecule has 2 rings (SSSR count). The minimum atomic E-state index is -3.58. The van der Waals surface area contributed by atoms with Crippen LogP contribution < -0.4 is 5.32 Å². The summed E-state index contributed by atoms with van der Waals surface area (Å²) in [6, 6.07) is -0.247. The highest BCUT2D eigenvalue weighted by atomic mass is 35.5. The molecule has 1 fully saturated rings. The molecule has 1 aromatic rings. The highest BCUT2D eigenvalue weighted by molar-refractivity contribution is 7.89. The van der Waals surface area contributed by atoms with Gasteiger partial charge in [0.2, 0.25) is 15.9 Å². The van der Waals surface area contributed by atoms with E-state index < -0.39 is 15.8 Å². The van der Waals surface area contributed by atoms with Crippen LogP contribution in [-0.2, 0) is 21.9 Å². The van der Waals surface area contributed by atoms with Crippen LogP contribution in [0.1, 0.15) is 25.7 Å². The first-order valence-corrected chi connectivity index (χ1v) is 9.46. The van der Waals surface area contributed by atoms with Crippen molar-refractivity contribution in [1.29, 1.82) is 0 Å². The zero-order valence-corrected chi connectivity index (χ0v) is 15.9. The van der Waals surface area contributed by atoms with E-state index in [9.17, 15) is 13.2 Å². The molecule has 1 aliphatic heterocycles. The van der Waals surface area contributed by atoms with Gasteiger partial charge in [0.15, 0.2) is 0 Å². The maximum Gasteiger partial charge on any atom is 0.239 e. The second-order valence-electron chi connectivity index (χ2n) is 5.54. The van der Waals surface area contributed by atoms with Gasteiger partial charge in [-0.3, -0.25) is 4.79 Å². The predicted molar refractivity (Wildman–Crippen MR) is 94.5 cm³/mol. The quantitative estimate of drug-likeness (QED) is 0.751. The first kappa shape index (κ1) is 20.9. The first-order chi connectivity index (χ1) is 10.9. The van der Waals surface area contributed by atoms with Crippen LogP contribution in [0.25, 0.3) is 0 Å². The summed E-state index contributed by atoms with van der Waals surface area (Å²) in [5.41, 5.74) is 0. The van der Waals surface area contributed by atoms with Crippen LogP contribution in [0.3, 0.4) is 0 Å². The number of carbonyl (C=O) groups excluding carboxylic acids is 1. The minimum Gasteiger partial charge on any atom is -0.336 e. The number of sulfonamides is 1. The number of rotatable bonds is 6. The standard InChI is InChI=1S/C14H25N5O3S.ClH/c1-4-18(5-2)23(21,22)11-13(20)19-9-6-15-10-12(19)14-16-7-8-17(14)3;/h7-8,12,15H,4-6,9-11H2,1-3H3;1H. The Kier molecular flexibility index (Phi) is 7.65. The van der Waals surface area contributed by atoms with E-state index in [0.29, 0.717) is 32.7 Å². The monoisotopic (exact) mass is 379 g/mol. The second-order valence-corrected chi connectivity index (χ2v) is 7.51. The van der Waals surface area contributed by atoms with E-state index >= 15 is 0 Å². The Bertz CT molecular complexity index is 645. The molecule has 2 heterocycles. The normalized spacial score (nSPS) is 18.5. The van der Waals surface area contributed by atoms with E-state index in [1.54, 1.807) is 24.9 Å². The molecule has 1 amide bonds. The lowest BCUT2D eigenvalue weighted by Crippen LogP contribution is -2.51. The van der Waals surface area contributed by atoms with Crippen molar-refractivity contribution in [3.63, 3.8) is 0 Å². The van der Waals surface area contributed by atoms with Gasteiger partial charge in [-0.2, -0.15) is 0 Å². The number of carbonyl (C=O) groups is 1. The number of nitrogens with zero attached hydrogens (tertiary/aromatic N) is 4. The van der Waals surface area contributed by atoms with Crippen molar-refractivity contribution in [2.75, 3.05) is 38.5 Å². The van der Waals surface area contributed by atoms with Gasteiger partial charge in [0.05, 0.1) is 0 Å². The summed E-state index contributed by atoms with van der Waals surface area (Å²) in [5.74, 6) is -0.104. The fraction of sp³-hybridized carbons (Fsp3) is 0.714. The predicted octanol–water partition coefficient (Wildman–Crippen LogP) is -0.0136. The van der Waals surface area contributed by atoms with Crippen LogP contribution in [0.15, 0.2) is 12.4 Å². The Morgan fingerprint density at radius 1 is 1.42 bits per heavy atom. The smallest absolute Gasteiger partial charge is 0.239 e. The minimum absolute atomic E-state index is 0. The van der Waals surface area contributed by atoms with E-state index in [1.807, 2.05) is 17.8 Å². The topological polar surface area (TPSA) is 87.5 Å². The molecular weight excluding hydrogens is 354 g/mol. The summed E-state index contributed by atoms with van der Waals surface area (Å²) in [6.07, 6.45) is 3.50. The van der Waals surface area contributed by atoms with E-state index in [0.717, 1.165) is 5.82 Å². The third-order valence-electron chi connectivity index (χ3n) is 4.12. The summed E-state index contributed by atoms with van der Waals surface area (Å²) in [4.78, 5) is 18.6. The molecule has 1 unspecified atom stereocenters. The van der Waals surface area contributed by atoms with Gasteiger partial charge >= 0.3 is 0 Å². The Hall–Kier alpha value is -1.16. The van der Waals surface area contributed by atoms with Gasteiger partial charge in [-0.1, -0.05) is 13.8 Å². The zero-order valence-electron chi connectivity index (χ0n) is 14.3. The summed E-state index contributed by atoms with van der Waals surface area (Å²) >= 11 is 0. The molecule has 1 aromatic heterocycles. The lowest BCUT2D eigenvalue weighted by molar-refractivity contribution is -0.132. The van der Waals surface area contributed by atoms with Crippen molar-refractivity contribution >= 4 is 28.3 Å². The molecule has 8 nitrogen and oxygen atoms in total. The summed E-state index contributed by atoms with van der Waals surface area (Å²) in [5, 5.41) is 3.24. The van der Waals surface area contributed by atoms with E-state index in [-0.39, 0.29) is 24.4 Å². The molecule has 24 heavy (non-hydrogen) atoms. The van der Waals surface area contributed by atoms with Crippen molar-refractivity contribution in [2.45, 2.75) is 19.9 Å². The van der Waals surface area contributed by atoms with Crippen LogP contribution in [0.2, 0.25) is 0 Å². The average Bonchev–Trinajstić information content (AvgIpc) is 2.93. The van der Waals surface area contributed by atoms with Gasteiger partial charge in [0.1, 0.15) is 17.6 Å². The Labute approximate surface area is 149 Å². The number of amides is 1. The van der Waals surface area contributed by atoms with Gasteiger partial charge in [0, 0.05) is 52.2 Å². The highest BCUT2D eigenvalue weighted by Gasteiger charge is 2.33. The summed E-state index contributed by atoms with van der Waals surface area (Å²) in [7, 11) is -1.71. The molecular formula is C14H26ClN5O3S. The number of halogens is 1. The number of aromatic nitrogens is 2. The molecule has 0 saturated carbocycles. The molecule has 1 aliphatic rings. The van der Waals surface area contributed by atoms with Crippen molar-refractivity contribution in [3.05, 3.63) is 18.2 Å². The fourth-order valence-corrected chi connectivity index (χ4v) is 4.33. The van der Waals surface area contributed by atoms with Crippen molar-refractivity contribution < 1.29 is 13.2 Å². The van der Waals surface area contributed by atoms with Gasteiger partial charge in [-0.15, -0.1) is 12.4 Å². The largest absolute Gasteiger partial charge is 0.336 e. The molecule has 0 aromatic carbocycles. The van der Waals surface area contributed by atoms with E-state index in [4.69, 9.17) is 0 Å². The van der Waals surface area contributed by atoms with Crippen LogP contribution in [0.5, 0.6) is 0 Å². The van der Waals surface area contributed by atoms with Crippen LogP contribution >= 0.6 is 12.4 Å². The molecule has 138 valence electrons. The summed E-state index contributed by atoms with van der Waals surface area (Å²) in [6.45, 7) is 5.98. The van der Waals surface area contributed by atoms with Crippen molar-refractivity contribution in [1.82, 2.24) is 24.1 Å². The molecule has 1 atom stereocenters. The van der Waals surface area contributed by atoms with Crippen LogP contribution in [-0.4, -0.2) is 71.6 Å². The SMILES string of the molecule is CCN(CC)S(=O)(=O)CC(=O)N1CCNCC1c1nccn1C.Cl.